The predicted molar refractivity (Wildman–Crippen MR) is 512 cm³/mol. The van der Waals surface area contributed by atoms with Crippen LogP contribution in [-0.4, -0.2) is 28.2 Å². The molecule has 0 aliphatic rings. The molecule has 0 radical (unpaired) electrons. The van der Waals surface area contributed by atoms with Crippen LogP contribution in [0.3, 0.4) is 0 Å². The first-order valence-electron chi connectivity index (χ1n) is 41.7. The molecule has 0 unspecified atom stereocenters. The highest BCUT2D eigenvalue weighted by atomic mass is 15.0. The van der Waals surface area contributed by atoms with Crippen LogP contribution in [0.5, 0.6) is 0 Å². The maximum atomic E-state index is 5.10. The van der Waals surface area contributed by atoms with E-state index < -0.39 is 0 Å². The second-order valence-electron chi connectivity index (χ2n) is 31.6. The van der Waals surface area contributed by atoms with E-state index in [0.29, 0.717) is 0 Å². The van der Waals surface area contributed by atoms with E-state index in [-0.39, 0.29) is 0 Å². The Morgan fingerprint density at radius 3 is 0.689 bits per heavy atom. The number of rotatable bonds is 13. The Labute approximate surface area is 705 Å². The van der Waals surface area contributed by atoms with Crippen LogP contribution < -0.4 is 0 Å². The molecular weight excluding hydrogens is 1480 g/mol. The summed E-state index contributed by atoms with van der Waals surface area (Å²) in [6, 6.07) is 166. The first-order valence-corrected chi connectivity index (χ1v) is 41.7. The zero-order chi connectivity index (χ0) is 80.6. The van der Waals surface area contributed by atoms with Gasteiger partial charge in [-0.2, -0.15) is 0 Å². The smallest absolute Gasteiger partial charge is 0.0715 e. The summed E-state index contributed by atoms with van der Waals surface area (Å²) in [4.78, 5) is 10.2. The topological polar surface area (TPSA) is 45.5 Å². The molecule has 24 rings (SSSR count). The van der Waals surface area contributed by atoms with E-state index in [9.17, 15) is 0 Å². The van der Waals surface area contributed by atoms with Gasteiger partial charge in [-0.1, -0.05) is 322 Å². The summed E-state index contributed by atoms with van der Waals surface area (Å²) < 4.78 is 9.62. The van der Waals surface area contributed by atoms with Gasteiger partial charge in [-0.05, 0) is 201 Å². The third kappa shape index (κ3) is 12.6. The van der Waals surface area contributed by atoms with Gasteiger partial charge >= 0.3 is 0 Å². The SMILES string of the molecule is c1ccc(-c2cc(-c3ccc(-n4c5ccccc5c5cc(-c6ccc7c(c6)c6ccccc6n7-c6cccc7ccccc67)ccc54)cc3)cc(-c3ccccc3)n2)cc1.c1ccc(-c2ccc(-n3c4ccccc4c4cc(-c5ccc6c(c5)c5ccccc5n6-c5ccc(-c6cc(-c7ccccc7)nc(-c7ccccc7)c6)cc5)ccc43)cc2)cc1. The maximum absolute atomic E-state index is 5.10. The van der Waals surface area contributed by atoms with Gasteiger partial charge in [-0.25, -0.2) is 9.97 Å². The molecule has 6 aromatic heterocycles. The third-order valence-electron chi connectivity index (χ3n) is 24.4. The molecular formula is C116H76N6. The number of hydrogen-bond acceptors (Lipinski definition) is 2. The Balaban J connectivity index is 0.000000142. The van der Waals surface area contributed by atoms with Crippen molar-refractivity contribution in [3.8, 4) is 123 Å². The Morgan fingerprint density at radius 1 is 0.131 bits per heavy atom. The largest absolute Gasteiger partial charge is 0.309 e. The van der Waals surface area contributed by atoms with Crippen molar-refractivity contribution in [2.75, 3.05) is 0 Å². The molecule has 0 fully saturated rings. The van der Waals surface area contributed by atoms with E-state index in [4.69, 9.17) is 9.97 Å². The fourth-order valence-electron chi connectivity index (χ4n) is 18.6. The molecule has 0 saturated carbocycles. The van der Waals surface area contributed by atoms with E-state index in [2.05, 4.69) is 455 Å². The molecule has 0 spiro atoms. The molecule has 18 aromatic carbocycles. The Hall–Kier alpha value is -16.3. The molecule has 0 N–H and O–H groups in total. The second kappa shape index (κ2) is 30.0. The summed E-state index contributed by atoms with van der Waals surface area (Å²) in [5.41, 5.74) is 34.2. The van der Waals surface area contributed by atoms with Gasteiger partial charge < -0.3 is 18.3 Å². The van der Waals surface area contributed by atoms with Gasteiger partial charge in [0.2, 0.25) is 0 Å². The Morgan fingerprint density at radius 2 is 0.361 bits per heavy atom. The lowest BCUT2D eigenvalue weighted by molar-refractivity contribution is 1.18. The van der Waals surface area contributed by atoms with Crippen LogP contribution in [0.1, 0.15) is 0 Å². The first kappa shape index (κ1) is 71.1. The van der Waals surface area contributed by atoms with E-state index in [1.807, 2.05) is 24.3 Å². The minimum absolute atomic E-state index is 0.961. The number of fused-ring (bicyclic) bond motifs is 13. The van der Waals surface area contributed by atoms with Crippen LogP contribution in [0.2, 0.25) is 0 Å². The summed E-state index contributed by atoms with van der Waals surface area (Å²) in [6.07, 6.45) is 0. The number of nitrogens with zero attached hydrogens (tertiary/aromatic N) is 6. The highest BCUT2D eigenvalue weighted by Crippen LogP contribution is 2.44. The van der Waals surface area contributed by atoms with E-state index in [0.717, 1.165) is 84.3 Å². The minimum Gasteiger partial charge on any atom is -0.309 e. The van der Waals surface area contributed by atoms with Crippen molar-refractivity contribution >= 4 is 98.0 Å². The molecule has 0 amide bonds. The lowest BCUT2D eigenvalue weighted by atomic mass is 9.99. The summed E-state index contributed by atoms with van der Waals surface area (Å²) in [6.45, 7) is 0. The molecule has 0 saturated heterocycles. The Bertz CT molecular complexity index is 8000. The van der Waals surface area contributed by atoms with Gasteiger partial charge in [0.15, 0.2) is 0 Å². The van der Waals surface area contributed by atoms with Crippen LogP contribution in [0.25, 0.3) is 221 Å². The monoisotopic (exact) mass is 1550 g/mol. The second-order valence-corrected chi connectivity index (χ2v) is 31.6. The van der Waals surface area contributed by atoms with Gasteiger partial charge in [0.25, 0.3) is 0 Å². The summed E-state index contributed by atoms with van der Waals surface area (Å²) >= 11 is 0. The lowest BCUT2D eigenvalue weighted by Crippen LogP contribution is -1.95. The zero-order valence-corrected chi connectivity index (χ0v) is 66.6. The molecule has 6 nitrogen and oxygen atoms in total. The number of aromatic nitrogens is 6. The zero-order valence-electron chi connectivity index (χ0n) is 66.6. The molecule has 6 heteroatoms. The van der Waals surface area contributed by atoms with Gasteiger partial charge in [0.05, 0.1) is 72.6 Å². The van der Waals surface area contributed by atoms with Gasteiger partial charge in [-0.15, -0.1) is 0 Å². The predicted octanol–water partition coefficient (Wildman–Crippen LogP) is 30.7. The molecule has 24 aromatic rings. The van der Waals surface area contributed by atoms with Crippen LogP contribution in [-0.2, 0) is 0 Å². The van der Waals surface area contributed by atoms with Crippen LogP contribution in [0.4, 0.5) is 0 Å². The third-order valence-corrected chi connectivity index (χ3v) is 24.4. The standard InChI is InChI=1S/C59H39N3.C57H37N3/c1-4-14-40(15-5-1)41-24-30-48(31-25-41)61-56-22-12-10-20-50(56)52-36-45(28-34-58(52)61)46-29-35-59-53(37-46)51-21-11-13-23-57(51)62(59)49-32-26-42(27-33-49)47-38-54(43-16-6-2-7-17-43)60-55(39-47)44-18-8-3-9-19-44;1-3-15-40(16-4-1)51-36-44(37-52(58-51)41-17-5-2-6-18-41)38-26-30-45(31-27-38)59-54-23-11-9-21-47(54)49-34-42(28-32-56(49)59)43-29-33-57-50(35-43)48-22-10-12-24-55(48)60(57)53-25-13-19-39-14-7-8-20-46(39)53/h1-39H;1-37H. The van der Waals surface area contributed by atoms with Crippen molar-refractivity contribution in [1.29, 1.82) is 0 Å². The summed E-state index contributed by atoms with van der Waals surface area (Å²) in [5, 5.41) is 12.4. The quantitative estimate of drug-likeness (QED) is 0.115. The highest BCUT2D eigenvalue weighted by Gasteiger charge is 2.22. The number of hydrogen-bond donors (Lipinski definition) is 0. The Kier molecular flexibility index (Phi) is 17.5. The molecule has 0 atom stereocenters. The first-order chi connectivity index (χ1) is 60.5. The average Bonchev–Trinajstić information content (AvgIpc) is 1.58. The van der Waals surface area contributed by atoms with Crippen molar-refractivity contribution in [2.24, 2.45) is 0 Å². The normalized spacial score (nSPS) is 11.6. The van der Waals surface area contributed by atoms with E-state index in [1.165, 1.54) is 137 Å². The van der Waals surface area contributed by atoms with Gasteiger partial charge in [0.1, 0.15) is 0 Å². The summed E-state index contributed by atoms with van der Waals surface area (Å²) in [7, 11) is 0. The van der Waals surface area contributed by atoms with E-state index >= 15 is 0 Å². The van der Waals surface area contributed by atoms with Gasteiger partial charge in [0, 0.05) is 87.8 Å². The molecule has 0 aliphatic heterocycles. The number of benzene rings is 18. The lowest BCUT2D eigenvalue weighted by Gasteiger charge is -2.12. The minimum atomic E-state index is 0.961. The molecule has 0 bridgehead atoms. The van der Waals surface area contributed by atoms with E-state index in [1.54, 1.807) is 0 Å². The van der Waals surface area contributed by atoms with Crippen molar-refractivity contribution < 1.29 is 0 Å². The highest BCUT2D eigenvalue weighted by molar-refractivity contribution is 6.16. The molecule has 0 aliphatic carbocycles. The summed E-state index contributed by atoms with van der Waals surface area (Å²) in [5.74, 6) is 0. The fourth-order valence-corrected chi connectivity index (χ4v) is 18.6. The van der Waals surface area contributed by atoms with Crippen LogP contribution >= 0.6 is 0 Å². The molecule has 6 heterocycles. The molecule has 570 valence electrons. The average molecular weight is 1550 g/mol. The van der Waals surface area contributed by atoms with Crippen LogP contribution in [0, 0.1) is 0 Å². The number of pyridine rings is 2. The van der Waals surface area contributed by atoms with Gasteiger partial charge in [-0.3, -0.25) is 0 Å². The number of para-hydroxylation sites is 4. The van der Waals surface area contributed by atoms with Crippen molar-refractivity contribution in [3.63, 3.8) is 0 Å². The fraction of sp³-hybridized carbons (Fsp3) is 0. The maximum Gasteiger partial charge on any atom is 0.0715 e. The molecule has 122 heavy (non-hydrogen) atoms. The van der Waals surface area contributed by atoms with Crippen molar-refractivity contribution in [1.82, 2.24) is 28.2 Å². The van der Waals surface area contributed by atoms with Crippen molar-refractivity contribution in [2.45, 2.75) is 0 Å². The van der Waals surface area contributed by atoms with Crippen LogP contribution in [0.15, 0.2) is 461 Å². The van der Waals surface area contributed by atoms with Crippen molar-refractivity contribution in [3.05, 3.63) is 461 Å².